The number of fused-ring (bicyclic) bond motifs is 1. The van der Waals surface area contributed by atoms with Crippen molar-refractivity contribution in [2.45, 2.75) is 24.4 Å². The molecule has 1 unspecified atom stereocenters. The topological polar surface area (TPSA) is 70.6 Å². The van der Waals surface area contributed by atoms with Gasteiger partial charge in [0.15, 0.2) is 5.16 Å². The Hall–Kier alpha value is -2.94. The lowest BCUT2D eigenvalue weighted by molar-refractivity contribution is 0.0410. The molecule has 0 saturated heterocycles. The second-order valence-corrected chi connectivity index (χ2v) is 9.10. The molecule has 178 valence electrons. The van der Waals surface area contributed by atoms with Crippen LogP contribution in [0.15, 0.2) is 66.0 Å². The van der Waals surface area contributed by atoms with Crippen molar-refractivity contribution in [3.8, 4) is 0 Å². The monoisotopic (exact) mass is 477 g/mol. The number of anilines is 1. The Morgan fingerprint density at radius 1 is 1.12 bits per heavy atom. The van der Waals surface area contributed by atoms with Crippen LogP contribution in [0.2, 0.25) is 0 Å². The van der Waals surface area contributed by atoms with Gasteiger partial charge in [0.05, 0.1) is 12.7 Å². The number of thioether (sulfide) groups is 1. The van der Waals surface area contributed by atoms with E-state index in [1.807, 2.05) is 54.4 Å². The van der Waals surface area contributed by atoms with Crippen LogP contribution in [0.4, 0.5) is 5.82 Å². The summed E-state index contributed by atoms with van der Waals surface area (Å²) < 4.78 is 6.25. The third-order valence-corrected chi connectivity index (χ3v) is 6.45. The fraction of sp³-hybridized carbons (Fsp3) is 0.346. The molecule has 8 heteroatoms. The van der Waals surface area contributed by atoms with Crippen molar-refractivity contribution in [2.75, 3.05) is 44.9 Å². The van der Waals surface area contributed by atoms with E-state index in [2.05, 4.69) is 45.6 Å². The van der Waals surface area contributed by atoms with E-state index in [1.165, 1.54) is 11.8 Å². The standard InChI is InChI=1S/C26H31N5O2S/c1-27-16-23(21-10-5-4-6-11-21)33-18-20-9-7-8-19(14-20)17-31-13-12-30(2)24-22(25(31)32)15-28-26(29-24)34-3/h4-11,14-15,23,27H,12-13,16-18H2,1-3H3. The fourth-order valence-electron chi connectivity index (χ4n) is 4.06. The molecule has 1 aliphatic heterocycles. The van der Waals surface area contributed by atoms with Gasteiger partial charge in [0.2, 0.25) is 0 Å². The minimum absolute atomic E-state index is 0.0275. The quantitative estimate of drug-likeness (QED) is 0.372. The highest BCUT2D eigenvalue weighted by molar-refractivity contribution is 7.98. The van der Waals surface area contributed by atoms with Gasteiger partial charge in [-0.25, -0.2) is 9.97 Å². The number of amides is 1. The van der Waals surface area contributed by atoms with Crippen molar-refractivity contribution in [3.63, 3.8) is 0 Å². The molecule has 0 spiro atoms. The van der Waals surface area contributed by atoms with E-state index in [9.17, 15) is 4.79 Å². The Morgan fingerprint density at radius 3 is 2.68 bits per heavy atom. The summed E-state index contributed by atoms with van der Waals surface area (Å²) in [7, 11) is 3.90. The van der Waals surface area contributed by atoms with Crippen molar-refractivity contribution in [1.82, 2.24) is 20.2 Å². The van der Waals surface area contributed by atoms with E-state index in [-0.39, 0.29) is 12.0 Å². The average molecular weight is 478 g/mol. The molecule has 1 N–H and O–H groups in total. The molecule has 1 atom stereocenters. The first-order valence-electron chi connectivity index (χ1n) is 11.4. The summed E-state index contributed by atoms with van der Waals surface area (Å²) in [4.78, 5) is 26.1. The first-order valence-corrected chi connectivity index (χ1v) is 12.6. The first-order chi connectivity index (χ1) is 16.6. The maximum absolute atomic E-state index is 13.3. The number of hydrogen-bond donors (Lipinski definition) is 1. The van der Waals surface area contributed by atoms with Crippen LogP contribution in [-0.2, 0) is 17.9 Å². The highest BCUT2D eigenvalue weighted by atomic mass is 32.2. The van der Waals surface area contributed by atoms with E-state index < -0.39 is 0 Å². The number of ether oxygens (including phenoxy) is 1. The summed E-state index contributed by atoms with van der Waals surface area (Å²) in [6.07, 6.45) is 3.56. The summed E-state index contributed by atoms with van der Waals surface area (Å²) in [6.45, 7) is 3.11. The summed E-state index contributed by atoms with van der Waals surface area (Å²) in [5, 5.41) is 3.89. The molecule has 0 aliphatic carbocycles. The molecular weight excluding hydrogens is 446 g/mol. The predicted octanol–water partition coefficient (Wildman–Crippen LogP) is 3.77. The van der Waals surface area contributed by atoms with Crippen LogP contribution in [-0.4, -0.2) is 60.8 Å². The van der Waals surface area contributed by atoms with Gasteiger partial charge in [-0.2, -0.15) is 0 Å². The summed E-state index contributed by atoms with van der Waals surface area (Å²) in [5.41, 5.74) is 3.86. The van der Waals surface area contributed by atoms with Gasteiger partial charge in [-0.1, -0.05) is 66.4 Å². The van der Waals surface area contributed by atoms with Gasteiger partial charge in [-0.05, 0) is 30.0 Å². The van der Waals surface area contributed by atoms with Gasteiger partial charge in [0.25, 0.3) is 5.91 Å². The average Bonchev–Trinajstić information content (AvgIpc) is 2.99. The largest absolute Gasteiger partial charge is 0.368 e. The molecule has 2 heterocycles. The number of aromatic nitrogens is 2. The lowest BCUT2D eigenvalue weighted by Crippen LogP contribution is -2.33. The lowest BCUT2D eigenvalue weighted by Gasteiger charge is -2.22. The van der Waals surface area contributed by atoms with E-state index in [0.29, 0.717) is 36.2 Å². The molecule has 34 heavy (non-hydrogen) atoms. The van der Waals surface area contributed by atoms with Crippen molar-refractivity contribution < 1.29 is 9.53 Å². The Balaban J connectivity index is 1.46. The molecule has 0 radical (unpaired) electrons. The number of rotatable bonds is 9. The maximum Gasteiger partial charge on any atom is 0.259 e. The fourth-order valence-corrected chi connectivity index (χ4v) is 4.39. The molecule has 3 aromatic rings. The number of hydrogen-bond acceptors (Lipinski definition) is 7. The highest BCUT2D eigenvalue weighted by Gasteiger charge is 2.27. The number of nitrogens with one attached hydrogen (secondary N) is 1. The van der Waals surface area contributed by atoms with Gasteiger partial charge in [-0.15, -0.1) is 0 Å². The molecule has 2 aromatic carbocycles. The minimum atomic E-state index is -0.0354. The molecule has 0 saturated carbocycles. The number of likely N-dealkylation sites (N-methyl/N-ethyl adjacent to an activating group) is 2. The van der Waals surface area contributed by atoms with Crippen molar-refractivity contribution in [3.05, 3.63) is 83.0 Å². The zero-order valence-electron chi connectivity index (χ0n) is 19.9. The van der Waals surface area contributed by atoms with Gasteiger partial charge < -0.3 is 19.9 Å². The third kappa shape index (κ3) is 5.75. The van der Waals surface area contributed by atoms with E-state index >= 15 is 0 Å². The van der Waals surface area contributed by atoms with E-state index in [4.69, 9.17) is 4.74 Å². The number of nitrogens with zero attached hydrogens (tertiary/aromatic N) is 4. The minimum Gasteiger partial charge on any atom is -0.368 e. The molecule has 1 aliphatic rings. The molecule has 1 amide bonds. The summed E-state index contributed by atoms with van der Waals surface area (Å²) >= 11 is 1.48. The van der Waals surface area contributed by atoms with Crippen molar-refractivity contribution in [2.24, 2.45) is 0 Å². The van der Waals surface area contributed by atoms with Crippen LogP contribution < -0.4 is 10.2 Å². The van der Waals surface area contributed by atoms with Gasteiger partial charge in [0.1, 0.15) is 11.4 Å². The molecule has 0 fully saturated rings. The van der Waals surface area contributed by atoms with Gasteiger partial charge in [-0.3, -0.25) is 4.79 Å². The molecule has 7 nitrogen and oxygen atoms in total. The van der Waals surface area contributed by atoms with Crippen LogP contribution >= 0.6 is 11.8 Å². The zero-order chi connectivity index (χ0) is 23.9. The van der Waals surface area contributed by atoms with E-state index in [0.717, 1.165) is 29.8 Å². The SMILES string of the molecule is CNCC(OCc1cccc(CN2CCN(C)c3nc(SC)ncc3C2=O)c1)c1ccccc1. The summed E-state index contributed by atoms with van der Waals surface area (Å²) in [5.74, 6) is 0.664. The van der Waals surface area contributed by atoms with Gasteiger partial charge >= 0.3 is 0 Å². The Morgan fingerprint density at radius 2 is 1.91 bits per heavy atom. The van der Waals surface area contributed by atoms with Gasteiger partial charge in [0, 0.05) is 39.4 Å². The molecule has 1 aromatic heterocycles. The highest BCUT2D eigenvalue weighted by Crippen LogP contribution is 2.25. The first kappa shape index (κ1) is 24.2. The van der Waals surface area contributed by atoms with Crippen LogP contribution in [0, 0.1) is 0 Å². The van der Waals surface area contributed by atoms with Crippen LogP contribution in [0.5, 0.6) is 0 Å². The smallest absolute Gasteiger partial charge is 0.259 e. The van der Waals surface area contributed by atoms with Crippen molar-refractivity contribution in [1.29, 1.82) is 0 Å². The second-order valence-electron chi connectivity index (χ2n) is 8.33. The molecular formula is C26H31N5O2S. The lowest BCUT2D eigenvalue weighted by atomic mass is 10.1. The Kier molecular flexibility index (Phi) is 8.16. The Bertz CT molecular complexity index is 1110. The Labute approximate surface area is 205 Å². The maximum atomic E-state index is 13.3. The normalized spacial score (nSPS) is 14.6. The van der Waals surface area contributed by atoms with Crippen LogP contribution in [0.3, 0.4) is 0 Å². The van der Waals surface area contributed by atoms with Crippen LogP contribution in [0.1, 0.15) is 33.2 Å². The van der Waals surface area contributed by atoms with Crippen molar-refractivity contribution >= 4 is 23.5 Å². The third-order valence-electron chi connectivity index (χ3n) is 5.89. The van der Waals surface area contributed by atoms with Crippen LogP contribution in [0.25, 0.3) is 0 Å². The molecule has 0 bridgehead atoms. The number of carbonyl (C=O) groups is 1. The number of carbonyl (C=O) groups excluding carboxylic acids is 1. The molecule has 4 rings (SSSR count). The second kappa shape index (κ2) is 11.5. The zero-order valence-corrected chi connectivity index (χ0v) is 20.7. The summed E-state index contributed by atoms with van der Waals surface area (Å²) in [6, 6.07) is 18.5. The van der Waals surface area contributed by atoms with E-state index in [1.54, 1.807) is 6.20 Å². The predicted molar refractivity (Wildman–Crippen MR) is 136 cm³/mol. The number of benzene rings is 2.